The average molecular weight is 226 g/mol. The van der Waals surface area contributed by atoms with Crippen molar-refractivity contribution >= 4 is 46.1 Å². The summed E-state index contributed by atoms with van der Waals surface area (Å²) in [6, 6.07) is 0. The fraction of sp³-hybridized carbons (Fsp3) is 0.500. The molecule has 0 atom stereocenters. The number of hydrogen-bond acceptors (Lipinski definition) is 5. The summed E-state index contributed by atoms with van der Waals surface area (Å²) < 4.78 is 0.358. The Labute approximate surface area is 125 Å². The van der Waals surface area contributed by atoms with Crippen LogP contribution >= 0.6 is 24.0 Å². The Kier molecular flexibility index (Phi) is 20.8. The number of thioether (sulfide) groups is 1. The van der Waals surface area contributed by atoms with Crippen molar-refractivity contribution in [3.63, 3.8) is 0 Å². The summed E-state index contributed by atoms with van der Waals surface area (Å²) in [6.45, 7) is 0. The van der Waals surface area contributed by atoms with Gasteiger partial charge in [0.05, 0.1) is 0 Å². The van der Waals surface area contributed by atoms with Crippen LogP contribution in [0.25, 0.3) is 0 Å². The van der Waals surface area contributed by atoms with Crippen molar-refractivity contribution in [2.45, 2.75) is 6.42 Å². The van der Waals surface area contributed by atoms with Crippen molar-refractivity contribution in [1.82, 2.24) is 0 Å². The van der Waals surface area contributed by atoms with Gasteiger partial charge in [-0.3, -0.25) is 0 Å². The van der Waals surface area contributed by atoms with Crippen LogP contribution in [0.3, 0.4) is 0 Å². The van der Waals surface area contributed by atoms with Gasteiger partial charge in [0, 0.05) is 11.7 Å². The molecular weight excluding hydrogens is 222 g/mol. The quantitative estimate of drug-likeness (QED) is 0.272. The third-order valence-corrected chi connectivity index (χ3v) is 1.88. The third-order valence-electron chi connectivity index (χ3n) is 0.526. The van der Waals surface area contributed by atoms with Crippen LogP contribution in [0.1, 0.15) is 6.42 Å². The van der Waals surface area contributed by atoms with E-state index in [2.05, 4.69) is 24.8 Å². The number of hydrogen-bond donors (Lipinski definition) is 0. The normalized spacial score (nSPS) is 7.27. The van der Waals surface area contributed by atoms with Crippen molar-refractivity contribution in [3.8, 4) is 0 Å². The third kappa shape index (κ3) is 18.8. The fourth-order valence-corrected chi connectivity index (χ4v) is 1.15. The molecule has 11 heavy (non-hydrogen) atoms. The summed E-state index contributed by atoms with van der Waals surface area (Å²) >= 11 is 10.2. The molecule has 0 saturated heterocycles. The van der Waals surface area contributed by atoms with Gasteiger partial charge in [-0.25, -0.2) is 0 Å². The smallest absolute Gasteiger partial charge is 0.550 e. The molecule has 0 spiro atoms. The maximum atomic E-state index is 9.78. The van der Waals surface area contributed by atoms with Gasteiger partial charge in [0.1, 0.15) is 0 Å². The molecule has 0 aliphatic heterocycles. The Morgan fingerprint density at radius 1 is 1.55 bits per heavy atom. The standard InChI is InChI=1S/C4H6O2S3.2Na/c5-3(6)1-2-9-4(7)8;;/h1-2H2,(H,5,6)(H,7,8);;/q;2*+1/p-2. The molecule has 0 rings (SSSR count). The van der Waals surface area contributed by atoms with Gasteiger partial charge in [0.2, 0.25) is 0 Å². The Balaban J connectivity index is -0.000000320. The summed E-state index contributed by atoms with van der Waals surface area (Å²) in [5.41, 5.74) is 0. The molecule has 0 aliphatic carbocycles. The van der Waals surface area contributed by atoms with Crippen molar-refractivity contribution in [2.24, 2.45) is 0 Å². The Bertz CT molecular complexity index is 117. The van der Waals surface area contributed by atoms with Gasteiger partial charge in [-0.15, -0.1) is 11.8 Å². The van der Waals surface area contributed by atoms with Crippen LogP contribution < -0.4 is 64.2 Å². The molecule has 0 bridgehead atoms. The average Bonchev–Trinajstić information content (AvgIpc) is 1.63. The van der Waals surface area contributed by atoms with Gasteiger partial charge >= 0.3 is 59.1 Å². The van der Waals surface area contributed by atoms with Crippen molar-refractivity contribution < 1.29 is 69.0 Å². The molecule has 0 fully saturated rings. The minimum absolute atomic E-state index is 0. The maximum Gasteiger partial charge on any atom is 1.00 e. The zero-order chi connectivity index (χ0) is 7.28. The molecule has 0 unspecified atom stereocenters. The van der Waals surface area contributed by atoms with E-state index in [1.54, 1.807) is 0 Å². The number of carbonyl (C=O) groups excluding carboxylic acids is 1. The second-order valence-corrected chi connectivity index (χ2v) is 3.92. The minimum atomic E-state index is -1.06. The second kappa shape index (κ2) is 12.1. The SMILES string of the molecule is O=C([O-])CCSC(=S)[S-].[Na+].[Na+]. The molecule has 0 saturated carbocycles. The maximum absolute atomic E-state index is 9.78. The van der Waals surface area contributed by atoms with E-state index in [0.717, 1.165) is 0 Å². The van der Waals surface area contributed by atoms with Gasteiger partial charge < -0.3 is 34.7 Å². The first-order chi connectivity index (χ1) is 4.13. The molecule has 7 heteroatoms. The van der Waals surface area contributed by atoms with Crippen LogP contribution in [0.15, 0.2) is 0 Å². The van der Waals surface area contributed by atoms with Crippen molar-refractivity contribution in [3.05, 3.63) is 0 Å². The van der Waals surface area contributed by atoms with Crippen LogP contribution in [-0.4, -0.2) is 15.3 Å². The van der Waals surface area contributed by atoms with Gasteiger partial charge in [-0.2, -0.15) is 0 Å². The van der Waals surface area contributed by atoms with E-state index in [9.17, 15) is 9.90 Å². The Morgan fingerprint density at radius 3 is 2.27 bits per heavy atom. The first-order valence-electron chi connectivity index (χ1n) is 2.16. The van der Waals surface area contributed by atoms with Gasteiger partial charge in [-0.1, -0.05) is 3.53 Å². The molecule has 0 N–H and O–H groups in total. The number of carboxylic acid groups (broad SMARTS) is 1. The van der Waals surface area contributed by atoms with E-state index >= 15 is 0 Å². The van der Waals surface area contributed by atoms with E-state index in [-0.39, 0.29) is 65.5 Å². The molecule has 0 heterocycles. The summed E-state index contributed by atoms with van der Waals surface area (Å²) in [7, 11) is 0. The summed E-state index contributed by atoms with van der Waals surface area (Å²) in [6.07, 6.45) is 0.0153. The van der Waals surface area contributed by atoms with Crippen LogP contribution in [0.5, 0.6) is 0 Å². The number of carbonyl (C=O) groups is 1. The van der Waals surface area contributed by atoms with E-state index in [1.807, 2.05) is 0 Å². The minimum Gasteiger partial charge on any atom is -0.550 e. The summed E-state index contributed by atoms with van der Waals surface area (Å²) in [5, 5.41) is 9.78. The number of aliphatic carboxylic acids is 1. The molecule has 0 aromatic rings. The van der Waals surface area contributed by atoms with Gasteiger partial charge in [-0.05, 0) is 6.42 Å². The van der Waals surface area contributed by atoms with Crippen LogP contribution in [0.2, 0.25) is 0 Å². The molecule has 0 aliphatic rings. The van der Waals surface area contributed by atoms with Crippen LogP contribution in [-0.2, 0) is 17.4 Å². The second-order valence-electron chi connectivity index (χ2n) is 1.22. The number of rotatable bonds is 3. The molecule has 0 amide bonds. The van der Waals surface area contributed by atoms with E-state index in [1.165, 1.54) is 11.8 Å². The van der Waals surface area contributed by atoms with Gasteiger partial charge in [0.25, 0.3) is 0 Å². The zero-order valence-corrected chi connectivity index (χ0v) is 12.9. The fourth-order valence-electron chi connectivity index (χ4n) is 0.218. The Morgan fingerprint density at radius 2 is 2.00 bits per heavy atom. The van der Waals surface area contributed by atoms with E-state index in [4.69, 9.17) is 0 Å². The summed E-state index contributed by atoms with van der Waals surface area (Å²) in [5.74, 6) is -0.640. The van der Waals surface area contributed by atoms with Crippen LogP contribution in [0, 0.1) is 0 Å². The van der Waals surface area contributed by atoms with E-state index in [0.29, 0.717) is 9.28 Å². The Hall–Kier alpha value is 2.13. The van der Waals surface area contributed by atoms with Crippen molar-refractivity contribution in [1.29, 1.82) is 0 Å². The molecular formula is C4H4Na2O2S3. The predicted molar refractivity (Wildman–Crippen MR) is 42.0 cm³/mol. The van der Waals surface area contributed by atoms with E-state index < -0.39 is 5.97 Å². The first-order valence-corrected chi connectivity index (χ1v) is 3.96. The topological polar surface area (TPSA) is 40.1 Å². The summed E-state index contributed by atoms with van der Waals surface area (Å²) in [4.78, 5) is 9.78. The molecule has 0 aromatic carbocycles. The zero-order valence-electron chi connectivity index (χ0n) is 6.46. The molecule has 0 radical (unpaired) electrons. The number of thiocarbonyl (C=S) groups is 1. The monoisotopic (exact) mass is 226 g/mol. The largest absolute Gasteiger partial charge is 1.00 e. The van der Waals surface area contributed by atoms with Crippen molar-refractivity contribution in [2.75, 3.05) is 5.75 Å². The molecule has 2 nitrogen and oxygen atoms in total. The molecule has 52 valence electrons. The first kappa shape index (κ1) is 18.8. The molecule has 0 aromatic heterocycles. The van der Waals surface area contributed by atoms with Crippen LogP contribution in [0.4, 0.5) is 0 Å². The predicted octanol–water partition coefficient (Wildman–Crippen LogP) is -6.30. The number of carboxylic acids is 1. The van der Waals surface area contributed by atoms with Gasteiger partial charge in [0.15, 0.2) is 0 Å².